The fourth-order valence-corrected chi connectivity index (χ4v) is 1.88. The summed E-state index contributed by atoms with van der Waals surface area (Å²) < 4.78 is 4.94. The number of aromatic carboxylic acids is 1. The fourth-order valence-electron chi connectivity index (χ4n) is 1.20. The van der Waals surface area contributed by atoms with Crippen molar-refractivity contribution in [2.45, 2.75) is 19.3 Å². The van der Waals surface area contributed by atoms with Gasteiger partial charge in [-0.1, -0.05) is 11.3 Å². The molecule has 0 amide bonds. The highest BCUT2D eigenvalue weighted by Gasteiger charge is 2.07. The van der Waals surface area contributed by atoms with Crippen molar-refractivity contribution < 1.29 is 14.6 Å². The van der Waals surface area contributed by atoms with E-state index < -0.39 is 5.97 Å². The number of ether oxygens (including phenoxy) is 1. The molecule has 0 atom stereocenters. The Morgan fingerprint density at radius 3 is 3.00 bits per heavy atom. The molecule has 5 nitrogen and oxygen atoms in total. The van der Waals surface area contributed by atoms with Crippen molar-refractivity contribution in [3.8, 4) is 0 Å². The van der Waals surface area contributed by atoms with Gasteiger partial charge in [-0.05, 0) is 19.3 Å². The summed E-state index contributed by atoms with van der Waals surface area (Å²) in [6.07, 6.45) is 4.56. The van der Waals surface area contributed by atoms with Crippen LogP contribution < -0.4 is 5.32 Å². The van der Waals surface area contributed by atoms with Crippen LogP contribution in [0.2, 0.25) is 0 Å². The molecule has 0 unspecified atom stereocenters. The van der Waals surface area contributed by atoms with Gasteiger partial charge in [-0.25, -0.2) is 9.78 Å². The summed E-state index contributed by atoms with van der Waals surface area (Å²) in [4.78, 5) is 14.8. The number of hydrogen-bond acceptors (Lipinski definition) is 5. The van der Waals surface area contributed by atoms with Gasteiger partial charge in [0.1, 0.15) is 4.88 Å². The molecule has 0 bridgehead atoms. The monoisotopic (exact) mass is 244 g/mol. The first-order chi connectivity index (χ1) is 7.74. The number of methoxy groups -OCH3 is 1. The van der Waals surface area contributed by atoms with Gasteiger partial charge in [0.2, 0.25) is 0 Å². The average molecular weight is 244 g/mol. The van der Waals surface area contributed by atoms with E-state index in [-0.39, 0.29) is 4.88 Å². The number of nitrogens with one attached hydrogen (secondary N) is 1. The molecule has 0 aliphatic carbocycles. The van der Waals surface area contributed by atoms with Crippen molar-refractivity contribution >= 4 is 22.4 Å². The highest BCUT2D eigenvalue weighted by molar-refractivity contribution is 7.17. The molecule has 90 valence electrons. The largest absolute Gasteiger partial charge is 0.477 e. The second-order valence-corrected chi connectivity index (χ2v) is 4.35. The number of anilines is 1. The van der Waals surface area contributed by atoms with Crippen molar-refractivity contribution in [1.82, 2.24) is 4.98 Å². The molecule has 0 saturated carbocycles. The maximum absolute atomic E-state index is 10.6. The van der Waals surface area contributed by atoms with E-state index in [9.17, 15) is 4.79 Å². The van der Waals surface area contributed by atoms with Gasteiger partial charge in [0.25, 0.3) is 0 Å². The SMILES string of the molecule is COCCCCCNc1ncc(C(=O)O)s1. The third-order valence-corrected chi connectivity index (χ3v) is 2.96. The van der Waals surface area contributed by atoms with Gasteiger partial charge in [-0.15, -0.1) is 0 Å². The van der Waals surface area contributed by atoms with Crippen LogP contribution in [0.4, 0.5) is 5.13 Å². The zero-order chi connectivity index (χ0) is 11.8. The summed E-state index contributed by atoms with van der Waals surface area (Å²) in [7, 11) is 1.70. The van der Waals surface area contributed by atoms with Crippen molar-refractivity contribution in [3.05, 3.63) is 11.1 Å². The number of aromatic nitrogens is 1. The standard InChI is InChI=1S/C10H16N2O3S/c1-15-6-4-2-3-5-11-10-12-7-8(16-10)9(13)14/h7H,2-6H2,1H3,(H,11,12)(H,13,14). The molecule has 6 heteroatoms. The smallest absolute Gasteiger partial charge is 0.347 e. The van der Waals surface area contributed by atoms with E-state index in [4.69, 9.17) is 9.84 Å². The predicted octanol–water partition coefficient (Wildman–Crippen LogP) is 2.07. The van der Waals surface area contributed by atoms with Crippen molar-refractivity contribution in [1.29, 1.82) is 0 Å². The lowest BCUT2D eigenvalue weighted by Gasteiger charge is -2.01. The van der Waals surface area contributed by atoms with Gasteiger partial charge in [0.15, 0.2) is 5.13 Å². The zero-order valence-electron chi connectivity index (χ0n) is 9.23. The van der Waals surface area contributed by atoms with Gasteiger partial charge in [-0.2, -0.15) is 0 Å². The molecule has 1 aromatic heterocycles. The minimum atomic E-state index is -0.925. The number of carbonyl (C=O) groups is 1. The Hall–Kier alpha value is -1.14. The number of carboxylic acids is 1. The van der Waals surface area contributed by atoms with Crippen LogP contribution in [0.25, 0.3) is 0 Å². The minimum absolute atomic E-state index is 0.266. The first kappa shape index (κ1) is 12.9. The highest BCUT2D eigenvalue weighted by atomic mass is 32.1. The number of carboxylic acid groups (broad SMARTS) is 1. The van der Waals surface area contributed by atoms with Crippen LogP contribution in [0.1, 0.15) is 28.9 Å². The molecule has 0 aliphatic rings. The predicted molar refractivity (Wildman–Crippen MR) is 63.3 cm³/mol. The lowest BCUT2D eigenvalue weighted by molar-refractivity contribution is 0.0702. The van der Waals surface area contributed by atoms with Crippen LogP contribution >= 0.6 is 11.3 Å². The quantitative estimate of drug-likeness (QED) is 0.685. The Balaban J connectivity index is 2.14. The summed E-state index contributed by atoms with van der Waals surface area (Å²) in [5, 5.41) is 12.5. The first-order valence-corrected chi connectivity index (χ1v) is 5.97. The van der Waals surface area contributed by atoms with E-state index in [1.807, 2.05) is 0 Å². The number of nitrogens with zero attached hydrogens (tertiary/aromatic N) is 1. The summed E-state index contributed by atoms with van der Waals surface area (Å²) in [5.74, 6) is -0.925. The molecular weight excluding hydrogens is 228 g/mol. The van der Waals surface area contributed by atoms with E-state index in [0.29, 0.717) is 5.13 Å². The Kier molecular flexibility index (Phi) is 5.81. The molecule has 1 aromatic rings. The molecule has 1 rings (SSSR count). The second kappa shape index (κ2) is 7.19. The van der Waals surface area contributed by atoms with Crippen LogP contribution in [-0.2, 0) is 4.74 Å². The second-order valence-electron chi connectivity index (χ2n) is 3.32. The Labute approximate surface area is 98.5 Å². The summed E-state index contributed by atoms with van der Waals surface area (Å²) in [5.41, 5.74) is 0. The lowest BCUT2D eigenvalue weighted by Crippen LogP contribution is -2.01. The molecule has 0 aromatic carbocycles. The van der Waals surface area contributed by atoms with Crippen LogP contribution in [0, 0.1) is 0 Å². The molecule has 0 radical (unpaired) electrons. The third kappa shape index (κ3) is 4.59. The molecule has 0 saturated heterocycles. The normalized spacial score (nSPS) is 10.3. The van der Waals surface area contributed by atoms with E-state index in [1.165, 1.54) is 6.20 Å². The number of unbranched alkanes of at least 4 members (excludes halogenated alkanes) is 2. The Bertz CT molecular complexity index is 328. The maximum atomic E-state index is 10.6. The number of hydrogen-bond donors (Lipinski definition) is 2. The number of rotatable bonds is 8. The third-order valence-electron chi connectivity index (χ3n) is 2.02. The van der Waals surface area contributed by atoms with Gasteiger partial charge >= 0.3 is 5.97 Å². The first-order valence-electron chi connectivity index (χ1n) is 5.16. The maximum Gasteiger partial charge on any atom is 0.347 e. The van der Waals surface area contributed by atoms with E-state index in [1.54, 1.807) is 7.11 Å². The molecule has 1 heterocycles. The molecule has 0 aliphatic heterocycles. The Morgan fingerprint density at radius 2 is 2.38 bits per heavy atom. The van der Waals surface area contributed by atoms with Crippen LogP contribution in [0.15, 0.2) is 6.20 Å². The summed E-state index contributed by atoms with van der Waals surface area (Å²) in [6.45, 7) is 1.61. The molecule has 2 N–H and O–H groups in total. The molecular formula is C10H16N2O3S. The van der Waals surface area contributed by atoms with E-state index >= 15 is 0 Å². The van der Waals surface area contributed by atoms with Crippen LogP contribution in [0.5, 0.6) is 0 Å². The van der Waals surface area contributed by atoms with Gasteiger partial charge in [-0.3, -0.25) is 0 Å². The average Bonchev–Trinajstić information content (AvgIpc) is 2.72. The highest BCUT2D eigenvalue weighted by Crippen LogP contribution is 2.17. The minimum Gasteiger partial charge on any atom is -0.477 e. The van der Waals surface area contributed by atoms with Crippen LogP contribution in [0.3, 0.4) is 0 Å². The summed E-state index contributed by atoms with van der Waals surface area (Å²) in [6, 6.07) is 0. The number of thiazole rings is 1. The fraction of sp³-hybridized carbons (Fsp3) is 0.600. The van der Waals surface area contributed by atoms with Gasteiger partial charge < -0.3 is 15.2 Å². The topological polar surface area (TPSA) is 71.5 Å². The summed E-state index contributed by atoms with van der Waals surface area (Å²) >= 11 is 1.16. The van der Waals surface area contributed by atoms with E-state index in [0.717, 1.165) is 43.8 Å². The zero-order valence-corrected chi connectivity index (χ0v) is 10.0. The van der Waals surface area contributed by atoms with E-state index in [2.05, 4.69) is 10.3 Å². The molecule has 0 fully saturated rings. The van der Waals surface area contributed by atoms with Crippen molar-refractivity contribution in [2.24, 2.45) is 0 Å². The lowest BCUT2D eigenvalue weighted by atomic mass is 10.2. The van der Waals surface area contributed by atoms with Gasteiger partial charge in [0.05, 0.1) is 6.20 Å². The van der Waals surface area contributed by atoms with Crippen molar-refractivity contribution in [3.63, 3.8) is 0 Å². The van der Waals surface area contributed by atoms with Crippen LogP contribution in [-0.4, -0.2) is 36.3 Å². The Morgan fingerprint density at radius 1 is 1.56 bits per heavy atom. The molecule has 0 spiro atoms. The molecule has 16 heavy (non-hydrogen) atoms. The van der Waals surface area contributed by atoms with Crippen molar-refractivity contribution in [2.75, 3.05) is 25.6 Å². The van der Waals surface area contributed by atoms with Gasteiger partial charge in [0, 0.05) is 20.3 Å².